The Labute approximate surface area is 108 Å². The molecule has 0 aromatic rings. The van der Waals surface area contributed by atoms with E-state index in [1.807, 2.05) is 0 Å². The monoisotopic (exact) mass is 232 g/mol. The van der Waals surface area contributed by atoms with E-state index in [1.165, 1.54) is 49.7 Å². The summed E-state index contributed by atoms with van der Waals surface area (Å²) in [4.78, 5) is 0. The molecule has 0 heteroatoms. The van der Waals surface area contributed by atoms with Crippen LogP contribution < -0.4 is 0 Å². The molecule has 1 fully saturated rings. The van der Waals surface area contributed by atoms with Crippen LogP contribution in [0.4, 0.5) is 0 Å². The zero-order valence-electron chi connectivity index (χ0n) is 11.8. The fraction of sp³-hybridized carbons (Fsp3) is 0.647. The van der Waals surface area contributed by atoms with Crippen LogP contribution in [0.2, 0.25) is 0 Å². The van der Waals surface area contributed by atoms with Gasteiger partial charge in [0.05, 0.1) is 0 Å². The van der Waals surface area contributed by atoms with Gasteiger partial charge >= 0.3 is 0 Å². The summed E-state index contributed by atoms with van der Waals surface area (Å²) in [6.07, 6.45) is 14.7. The third kappa shape index (κ3) is 4.53. The molecule has 1 aliphatic carbocycles. The van der Waals surface area contributed by atoms with Gasteiger partial charge in [0.25, 0.3) is 0 Å². The number of rotatable bonds is 5. The minimum absolute atomic E-state index is 0.876. The van der Waals surface area contributed by atoms with Crippen LogP contribution in [0.1, 0.15) is 59.3 Å². The first-order chi connectivity index (χ1) is 8.21. The molecular formula is C17H28. The molecule has 0 aliphatic heterocycles. The molecule has 96 valence electrons. The highest BCUT2D eigenvalue weighted by atomic mass is 14.3. The van der Waals surface area contributed by atoms with Crippen molar-refractivity contribution in [2.75, 3.05) is 0 Å². The van der Waals surface area contributed by atoms with Crippen molar-refractivity contribution in [3.63, 3.8) is 0 Å². The topological polar surface area (TPSA) is 0 Å². The third-order valence-electron chi connectivity index (χ3n) is 4.07. The molecule has 1 rings (SSSR count). The van der Waals surface area contributed by atoms with Crippen LogP contribution >= 0.6 is 0 Å². The Morgan fingerprint density at radius 2 is 1.94 bits per heavy atom. The van der Waals surface area contributed by atoms with Crippen LogP contribution in [0.3, 0.4) is 0 Å². The molecule has 2 atom stereocenters. The van der Waals surface area contributed by atoms with Crippen LogP contribution in [0.25, 0.3) is 0 Å². The lowest BCUT2D eigenvalue weighted by atomic mass is 9.77. The van der Waals surface area contributed by atoms with E-state index in [9.17, 15) is 0 Å². The fourth-order valence-corrected chi connectivity index (χ4v) is 3.02. The SMILES string of the molecule is C=C(CC1CCCC(CC)C1)C(/C=C\C)=C/C. The van der Waals surface area contributed by atoms with Gasteiger partial charge in [-0.05, 0) is 49.7 Å². The lowest BCUT2D eigenvalue weighted by molar-refractivity contribution is 0.260. The number of hydrogen-bond acceptors (Lipinski definition) is 0. The third-order valence-corrected chi connectivity index (χ3v) is 4.07. The second kappa shape index (κ2) is 7.53. The zero-order valence-corrected chi connectivity index (χ0v) is 11.8. The molecule has 0 amide bonds. The highest BCUT2D eigenvalue weighted by Crippen LogP contribution is 2.35. The summed E-state index contributed by atoms with van der Waals surface area (Å²) in [5.41, 5.74) is 2.65. The molecule has 0 radical (unpaired) electrons. The highest BCUT2D eigenvalue weighted by molar-refractivity contribution is 5.37. The van der Waals surface area contributed by atoms with Gasteiger partial charge in [-0.15, -0.1) is 0 Å². The normalized spacial score (nSPS) is 26.4. The maximum atomic E-state index is 4.27. The van der Waals surface area contributed by atoms with Gasteiger partial charge in [0.1, 0.15) is 0 Å². The van der Waals surface area contributed by atoms with Gasteiger partial charge in [0, 0.05) is 0 Å². The van der Waals surface area contributed by atoms with E-state index >= 15 is 0 Å². The molecule has 0 aromatic heterocycles. The maximum Gasteiger partial charge on any atom is -0.0250 e. The Balaban J connectivity index is 2.50. The Bertz CT molecular complexity index is 293. The summed E-state index contributed by atoms with van der Waals surface area (Å²) in [6.45, 7) is 10.8. The van der Waals surface area contributed by atoms with Gasteiger partial charge in [-0.3, -0.25) is 0 Å². The van der Waals surface area contributed by atoms with Crippen LogP contribution in [0.5, 0.6) is 0 Å². The van der Waals surface area contributed by atoms with Crippen molar-refractivity contribution in [3.05, 3.63) is 36.0 Å². The molecular weight excluding hydrogens is 204 g/mol. The van der Waals surface area contributed by atoms with Crippen LogP contribution in [-0.2, 0) is 0 Å². The molecule has 0 heterocycles. The van der Waals surface area contributed by atoms with Gasteiger partial charge in [0.15, 0.2) is 0 Å². The quantitative estimate of drug-likeness (QED) is 0.536. The van der Waals surface area contributed by atoms with E-state index in [0.717, 1.165) is 11.8 Å². The summed E-state index contributed by atoms with van der Waals surface area (Å²) in [5, 5.41) is 0. The van der Waals surface area contributed by atoms with Crippen molar-refractivity contribution >= 4 is 0 Å². The van der Waals surface area contributed by atoms with Crippen LogP contribution in [-0.4, -0.2) is 0 Å². The molecule has 1 aliphatic rings. The summed E-state index contributed by atoms with van der Waals surface area (Å²) < 4.78 is 0. The first-order valence-electron chi connectivity index (χ1n) is 7.18. The zero-order chi connectivity index (χ0) is 12.7. The van der Waals surface area contributed by atoms with Gasteiger partial charge in [-0.25, -0.2) is 0 Å². The molecule has 17 heavy (non-hydrogen) atoms. The van der Waals surface area contributed by atoms with E-state index in [0.29, 0.717) is 0 Å². The Morgan fingerprint density at radius 3 is 2.53 bits per heavy atom. The van der Waals surface area contributed by atoms with Crippen molar-refractivity contribution in [3.8, 4) is 0 Å². The van der Waals surface area contributed by atoms with Crippen molar-refractivity contribution in [2.24, 2.45) is 11.8 Å². The molecule has 0 bridgehead atoms. The molecule has 0 aromatic carbocycles. The number of allylic oxidation sites excluding steroid dienone is 5. The lowest BCUT2D eigenvalue weighted by Gasteiger charge is -2.29. The first kappa shape index (κ1) is 14.3. The van der Waals surface area contributed by atoms with E-state index in [2.05, 4.69) is 45.6 Å². The van der Waals surface area contributed by atoms with Gasteiger partial charge in [0.2, 0.25) is 0 Å². The highest BCUT2D eigenvalue weighted by Gasteiger charge is 2.21. The lowest BCUT2D eigenvalue weighted by Crippen LogP contribution is -2.15. The first-order valence-corrected chi connectivity index (χ1v) is 7.18. The van der Waals surface area contributed by atoms with E-state index in [-0.39, 0.29) is 0 Å². The Hall–Kier alpha value is -0.780. The predicted octanol–water partition coefficient (Wildman–Crippen LogP) is 5.67. The summed E-state index contributed by atoms with van der Waals surface area (Å²) in [6, 6.07) is 0. The number of hydrogen-bond donors (Lipinski definition) is 0. The molecule has 2 unspecified atom stereocenters. The smallest absolute Gasteiger partial charge is 0.0250 e. The summed E-state index contributed by atoms with van der Waals surface area (Å²) >= 11 is 0. The van der Waals surface area contributed by atoms with Crippen molar-refractivity contribution < 1.29 is 0 Å². The molecule has 0 saturated heterocycles. The Kier molecular flexibility index (Phi) is 6.32. The second-order valence-electron chi connectivity index (χ2n) is 5.36. The van der Waals surface area contributed by atoms with Gasteiger partial charge in [-0.1, -0.05) is 57.4 Å². The van der Waals surface area contributed by atoms with Crippen molar-refractivity contribution in [2.45, 2.75) is 59.3 Å². The Morgan fingerprint density at radius 1 is 1.24 bits per heavy atom. The van der Waals surface area contributed by atoms with Gasteiger partial charge < -0.3 is 0 Å². The molecule has 1 saturated carbocycles. The van der Waals surface area contributed by atoms with Gasteiger partial charge in [-0.2, -0.15) is 0 Å². The van der Waals surface area contributed by atoms with Crippen molar-refractivity contribution in [1.82, 2.24) is 0 Å². The predicted molar refractivity (Wildman–Crippen MR) is 78.1 cm³/mol. The van der Waals surface area contributed by atoms with E-state index in [1.54, 1.807) is 0 Å². The second-order valence-corrected chi connectivity index (χ2v) is 5.36. The van der Waals surface area contributed by atoms with Crippen LogP contribution in [0.15, 0.2) is 36.0 Å². The van der Waals surface area contributed by atoms with E-state index in [4.69, 9.17) is 0 Å². The summed E-state index contributed by atoms with van der Waals surface area (Å²) in [5.74, 6) is 1.85. The van der Waals surface area contributed by atoms with Crippen molar-refractivity contribution in [1.29, 1.82) is 0 Å². The average molecular weight is 232 g/mol. The molecule has 0 N–H and O–H groups in total. The fourth-order valence-electron chi connectivity index (χ4n) is 3.02. The molecule has 0 spiro atoms. The average Bonchev–Trinajstić information content (AvgIpc) is 2.36. The minimum Gasteiger partial charge on any atom is -0.0952 e. The minimum atomic E-state index is 0.876. The van der Waals surface area contributed by atoms with E-state index < -0.39 is 0 Å². The maximum absolute atomic E-state index is 4.27. The summed E-state index contributed by atoms with van der Waals surface area (Å²) in [7, 11) is 0. The standard InChI is InChI=1S/C17H28/c1-5-9-17(7-3)14(4)12-16-11-8-10-15(6-2)13-16/h5,7,9,15-16H,4,6,8,10-13H2,1-3H3/b9-5-,17-7+. The largest absolute Gasteiger partial charge is 0.0952 e. The molecule has 0 nitrogen and oxygen atoms in total. The van der Waals surface area contributed by atoms with Crippen LogP contribution in [0, 0.1) is 11.8 Å².